The number of rotatable bonds is 3. The number of aliphatic carboxylic acids is 1. The number of ether oxygens (including phenoxy) is 1. The molecule has 1 aromatic carbocycles. The van der Waals surface area contributed by atoms with Gasteiger partial charge in [0.2, 0.25) is 10.0 Å². The first-order valence-corrected chi connectivity index (χ1v) is 6.95. The van der Waals surface area contributed by atoms with Crippen LogP contribution in [0.2, 0.25) is 0 Å². The molecule has 1 atom stereocenters. The van der Waals surface area contributed by atoms with Crippen LogP contribution < -0.4 is 0 Å². The Morgan fingerprint density at radius 2 is 2.11 bits per heavy atom. The highest BCUT2D eigenvalue weighted by molar-refractivity contribution is 7.89. The molecule has 6 nitrogen and oxygen atoms in total. The van der Waals surface area contributed by atoms with Crippen LogP contribution in [-0.4, -0.2) is 49.6 Å². The minimum atomic E-state index is -4.19. The van der Waals surface area contributed by atoms with Crippen molar-refractivity contribution in [3.63, 3.8) is 0 Å². The van der Waals surface area contributed by atoms with Gasteiger partial charge in [0.15, 0.2) is 0 Å². The molecule has 0 amide bonds. The van der Waals surface area contributed by atoms with E-state index in [0.29, 0.717) is 0 Å². The molecule has 0 saturated carbocycles. The zero-order chi connectivity index (χ0) is 14.0. The van der Waals surface area contributed by atoms with Gasteiger partial charge in [-0.25, -0.2) is 12.8 Å². The second-order valence-corrected chi connectivity index (χ2v) is 5.83. The molecule has 0 aromatic heterocycles. The third kappa shape index (κ3) is 2.60. The number of hydrogen-bond acceptors (Lipinski definition) is 4. The van der Waals surface area contributed by atoms with E-state index >= 15 is 0 Å². The zero-order valence-corrected chi connectivity index (χ0v) is 10.6. The highest BCUT2D eigenvalue weighted by atomic mass is 32.2. The molecule has 1 aliphatic rings. The van der Waals surface area contributed by atoms with Crippen molar-refractivity contribution in [2.45, 2.75) is 10.9 Å². The van der Waals surface area contributed by atoms with Gasteiger partial charge in [-0.2, -0.15) is 4.31 Å². The zero-order valence-electron chi connectivity index (χ0n) is 9.82. The predicted molar refractivity (Wildman–Crippen MR) is 62.5 cm³/mol. The first-order chi connectivity index (χ1) is 8.94. The molecule has 8 heteroatoms. The van der Waals surface area contributed by atoms with Crippen LogP contribution in [0.5, 0.6) is 0 Å². The summed E-state index contributed by atoms with van der Waals surface area (Å²) in [6, 6.07) is 3.54. The van der Waals surface area contributed by atoms with Crippen molar-refractivity contribution in [3.05, 3.63) is 30.1 Å². The van der Waals surface area contributed by atoms with E-state index in [1.54, 1.807) is 0 Å². The fraction of sp³-hybridized carbons (Fsp3) is 0.364. The Labute approximate surface area is 109 Å². The Morgan fingerprint density at radius 3 is 2.74 bits per heavy atom. The molecule has 1 saturated heterocycles. The molecule has 1 unspecified atom stereocenters. The van der Waals surface area contributed by atoms with Crippen molar-refractivity contribution in [2.24, 2.45) is 0 Å². The lowest BCUT2D eigenvalue weighted by molar-refractivity contribution is -0.146. The van der Waals surface area contributed by atoms with Crippen molar-refractivity contribution in [1.82, 2.24) is 4.31 Å². The van der Waals surface area contributed by atoms with Crippen molar-refractivity contribution >= 4 is 16.0 Å². The number of carboxylic acids is 1. The summed E-state index contributed by atoms with van der Waals surface area (Å²) < 4.78 is 43.9. The summed E-state index contributed by atoms with van der Waals surface area (Å²) in [5.74, 6) is -2.22. The Bertz CT molecular complexity index is 589. The monoisotopic (exact) mass is 289 g/mol. The van der Waals surface area contributed by atoms with E-state index in [1.807, 2.05) is 0 Å². The molecule has 1 fully saturated rings. The maximum atomic E-state index is 13.6. The Hall–Kier alpha value is -1.51. The van der Waals surface area contributed by atoms with Crippen LogP contribution in [0.15, 0.2) is 29.2 Å². The normalized spacial score (nSPS) is 21.2. The standard InChI is InChI=1S/C11H12FNO5S/c12-8-3-1-2-4-10(8)19(16,17)13-5-6-18-7-9(13)11(14)15/h1-4,9H,5-7H2,(H,14,15). The molecule has 0 radical (unpaired) electrons. The summed E-state index contributed by atoms with van der Waals surface area (Å²) in [7, 11) is -4.19. The highest BCUT2D eigenvalue weighted by Gasteiger charge is 2.39. The molecule has 1 N–H and O–H groups in total. The molecule has 104 valence electrons. The van der Waals surface area contributed by atoms with Crippen molar-refractivity contribution in [2.75, 3.05) is 19.8 Å². The Kier molecular flexibility index (Phi) is 3.83. The third-order valence-electron chi connectivity index (χ3n) is 2.79. The van der Waals surface area contributed by atoms with Crippen LogP contribution in [0, 0.1) is 5.82 Å². The maximum absolute atomic E-state index is 13.6. The average molecular weight is 289 g/mol. The molecular formula is C11H12FNO5S. The summed E-state index contributed by atoms with van der Waals surface area (Å²) in [4.78, 5) is 10.5. The fourth-order valence-electron chi connectivity index (χ4n) is 1.85. The summed E-state index contributed by atoms with van der Waals surface area (Å²) in [6.07, 6.45) is 0. The molecular weight excluding hydrogens is 277 g/mol. The van der Waals surface area contributed by atoms with Gasteiger partial charge in [0, 0.05) is 6.54 Å². The SMILES string of the molecule is O=C(O)C1COCCN1S(=O)(=O)c1ccccc1F. The van der Waals surface area contributed by atoms with E-state index in [1.165, 1.54) is 12.1 Å². The first-order valence-electron chi connectivity index (χ1n) is 5.51. The molecule has 1 heterocycles. The topological polar surface area (TPSA) is 83.9 Å². The minimum absolute atomic E-state index is 0.0808. The van der Waals surface area contributed by atoms with Gasteiger partial charge in [0.05, 0.1) is 13.2 Å². The van der Waals surface area contributed by atoms with Crippen LogP contribution in [0.25, 0.3) is 0 Å². The number of benzene rings is 1. The van der Waals surface area contributed by atoms with Crippen LogP contribution in [0.4, 0.5) is 4.39 Å². The van der Waals surface area contributed by atoms with Crippen molar-refractivity contribution in [3.8, 4) is 0 Å². The number of sulfonamides is 1. The summed E-state index contributed by atoms with van der Waals surface area (Å²) in [6.45, 7) is -0.284. The van der Waals surface area contributed by atoms with Crippen LogP contribution in [0.1, 0.15) is 0 Å². The lowest BCUT2D eigenvalue weighted by atomic mass is 10.3. The Morgan fingerprint density at radius 1 is 1.42 bits per heavy atom. The maximum Gasteiger partial charge on any atom is 0.324 e. The second-order valence-electron chi connectivity index (χ2n) is 3.98. The van der Waals surface area contributed by atoms with Gasteiger partial charge in [-0.15, -0.1) is 0 Å². The summed E-state index contributed by atoms with van der Waals surface area (Å²) in [5.41, 5.74) is 0. The molecule has 0 aliphatic carbocycles. The smallest absolute Gasteiger partial charge is 0.324 e. The van der Waals surface area contributed by atoms with Gasteiger partial charge in [-0.1, -0.05) is 12.1 Å². The van der Waals surface area contributed by atoms with Gasteiger partial charge in [-0.3, -0.25) is 4.79 Å². The number of morpholine rings is 1. The lowest BCUT2D eigenvalue weighted by Gasteiger charge is -2.31. The highest BCUT2D eigenvalue weighted by Crippen LogP contribution is 2.22. The third-order valence-corrected chi connectivity index (χ3v) is 4.73. The molecule has 1 aromatic rings. The van der Waals surface area contributed by atoms with Gasteiger partial charge in [0.1, 0.15) is 16.8 Å². The van der Waals surface area contributed by atoms with E-state index in [4.69, 9.17) is 9.84 Å². The van der Waals surface area contributed by atoms with Gasteiger partial charge in [-0.05, 0) is 12.1 Å². The fourth-order valence-corrected chi connectivity index (χ4v) is 3.47. The predicted octanol–water partition coefficient (Wildman–Crippen LogP) is 0.300. The van der Waals surface area contributed by atoms with E-state index in [0.717, 1.165) is 16.4 Å². The largest absolute Gasteiger partial charge is 0.480 e. The number of halogens is 1. The number of hydrogen-bond donors (Lipinski definition) is 1. The van der Waals surface area contributed by atoms with Gasteiger partial charge >= 0.3 is 5.97 Å². The molecule has 1 aliphatic heterocycles. The lowest BCUT2D eigenvalue weighted by Crippen LogP contribution is -2.52. The molecule has 2 rings (SSSR count). The van der Waals surface area contributed by atoms with Gasteiger partial charge in [0.25, 0.3) is 0 Å². The van der Waals surface area contributed by atoms with E-state index in [9.17, 15) is 17.6 Å². The Balaban J connectivity index is 2.43. The number of carbonyl (C=O) groups is 1. The quantitative estimate of drug-likeness (QED) is 0.865. The molecule has 0 bridgehead atoms. The number of carboxylic acid groups (broad SMARTS) is 1. The van der Waals surface area contributed by atoms with Crippen LogP contribution >= 0.6 is 0 Å². The van der Waals surface area contributed by atoms with Crippen molar-refractivity contribution in [1.29, 1.82) is 0 Å². The van der Waals surface area contributed by atoms with E-state index < -0.39 is 32.7 Å². The minimum Gasteiger partial charge on any atom is -0.480 e. The first kappa shape index (κ1) is 13.9. The number of nitrogens with zero attached hydrogens (tertiary/aromatic N) is 1. The van der Waals surface area contributed by atoms with Crippen LogP contribution in [-0.2, 0) is 19.6 Å². The second kappa shape index (κ2) is 5.24. The average Bonchev–Trinajstić information content (AvgIpc) is 2.39. The van der Waals surface area contributed by atoms with E-state index in [2.05, 4.69) is 0 Å². The van der Waals surface area contributed by atoms with Crippen LogP contribution in [0.3, 0.4) is 0 Å². The van der Waals surface area contributed by atoms with E-state index in [-0.39, 0.29) is 19.8 Å². The van der Waals surface area contributed by atoms with Crippen molar-refractivity contribution < 1.29 is 27.4 Å². The summed E-state index contributed by atoms with van der Waals surface area (Å²) >= 11 is 0. The van der Waals surface area contributed by atoms with Gasteiger partial charge < -0.3 is 9.84 Å². The summed E-state index contributed by atoms with van der Waals surface area (Å²) in [5, 5.41) is 9.01. The molecule has 0 spiro atoms. The molecule has 19 heavy (non-hydrogen) atoms.